The Morgan fingerprint density at radius 1 is 1.09 bits per heavy atom. The maximum absolute atomic E-state index is 12.1. The van der Waals surface area contributed by atoms with Gasteiger partial charge in [-0.1, -0.05) is 29.8 Å². The molecule has 1 aromatic heterocycles. The van der Waals surface area contributed by atoms with Gasteiger partial charge in [0, 0.05) is 31.5 Å². The van der Waals surface area contributed by atoms with Crippen molar-refractivity contribution in [2.24, 2.45) is 0 Å². The minimum atomic E-state index is 0.177. The Morgan fingerprint density at radius 3 is 2.55 bits per heavy atom. The van der Waals surface area contributed by atoms with Crippen molar-refractivity contribution in [2.75, 3.05) is 26.3 Å². The van der Waals surface area contributed by atoms with E-state index >= 15 is 0 Å². The summed E-state index contributed by atoms with van der Waals surface area (Å²) in [5, 5.41) is 0. The number of carbonyl (C=O) groups excluding carboxylic acids is 1. The quantitative estimate of drug-likeness (QED) is 0.871. The highest BCUT2D eigenvalue weighted by Gasteiger charge is 2.17. The predicted octanol–water partition coefficient (Wildman–Crippen LogP) is 3.05. The van der Waals surface area contributed by atoms with Gasteiger partial charge < -0.3 is 14.1 Å². The van der Waals surface area contributed by atoms with Crippen molar-refractivity contribution < 1.29 is 13.9 Å². The number of hydrogen-bond acceptors (Lipinski definition) is 3. The van der Waals surface area contributed by atoms with Crippen LogP contribution in [-0.4, -0.2) is 37.1 Å². The van der Waals surface area contributed by atoms with E-state index in [2.05, 4.69) is 31.2 Å². The van der Waals surface area contributed by atoms with Gasteiger partial charge >= 0.3 is 0 Å². The topological polar surface area (TPSA) is 42.7 Å². The Morgan fingerprint density at radius 2 is 1.82 bits per heavy atom. The second-order valence-corrected chi connectivity index (χ2v) is 5.63. The summed E-state index contributed by atoms with van der Waals surface area (Å²) < 4.78 is 11.1. The zero-order valence-corrected chi connectivity index (χ0v) is 12.9. The Kier molecular flexibility index (Phi) is 4.59. The molecule has 1 aliphatic rings. The van der Waals surface area contributed by atoms with Gasteiger partial charge in [0.15, 0.2) is 0 Å². The first kappa shape index (κ1) is 14.9. The van der Waals surface area contributed by atoms with Crippen molar-refractivity contribution in [3.8, 4) is 11.3 Å². The Bertz CT molecular complexity index is 624. The number of furan rings is 1. The highest BCUT2D eigenvalue weighted by Crippen LogP contribution is 2.23. The zero-order valence-electron chi connectivity index (χ0n) is 12.9. The highest BCUT2D eigenvalue weighted by molar-refractivity contribution is 5.76. The van der Waals surface area contributed by atoms with Gasteiger partial charge in [0.1, 0.15) is 11.5 Å². The van der Waals surface area contributed by atoms with E-state index in [0.717, 1.165) is 17.1 Å². The number of morpholine rings is 1. The normalized spacial score (nSPS) is 15.0. The second-order valence-electron chi connectivity index (χ2n) is 5.63. The molecule has 22 heavy (non-hydrogen) atoms. The monoisotopic (exact) mass is 299 g/mol. The molecule has 2 aromatic rings. The molecule has 1 aliphatic heterocycles. The van der Waals surface area contributed by atoms with Crippen LogP contribution in [0.15, 0.2) is 40.8 Å². The summed E-state index contributed by atoms with van der Waals surface area (Å²) in [6.45, 7) is 4.75. The fourth-order valence-corrected chi connectivity index (χ4v) is 2.59. The standard InChI is InChI=1S/C18H21NO3/c1-14-2-4-15(5-3-14)17-8-6-16(22-17)7-9-18(20)19-10-12-21-13-11-19/h2-6,8H,7,9-13H2,1H3. The number of benzene rings is 1. The maximum atomic E-state index is 12.1. The van der Waals surface area contributed by atoms with Gasteiger partial charge in [-0.05, 0) is 19.1 Å². The van der Waals surface area contributed by atoms with E-state index in [-0.39, 0.29) is 5.91 Å². The number of aryl methyl sites for hydroxylation is 2. The third-order valence-corrected chi connectivity index (χ3v) is 3.95. The highest BCUT2D eigenvalue weighted by atomic mass is 16.5. The van der Waals surface area contributed by atoms with Crippen LogP contribution in [-0.2, 0) is 16.0 Å². The fourth-order valence-electron chi connectivity index (χ4n) is 2.59. The van der Waals surface area contributed by atoms with Crippen LogP contribution >= 0.6 is 0 Å². The summed E-state index contributed by atoms with van der Waals surface area (Å²) in [5.41, 5.74) is 2.29. The van der Waals surface area contributed by atoms with Crippen LogP contribution in [0.4, 0.5) is 0 Å². The number of hydrogen-bond donors (Lipinski definition) is 0. The number of ether oxygens (including phenoxy) is 1. The second kappa shape index (κ2) is 6.79. The molecule has 1 saturated heterocycles. The molecule has 2 heterocycles. The molecule has 0 spiro atoms. The molecular formula is C18H21NO3. The lowest BCUT2D eigenvalue weighted by Gasteiger charge is -2.26. The first-order valence-corrected chi connectivity index (χ1v) is 7.73. The number of amides is 1. The minimum absolute atomic E-state index is 0.177. The summed E-state index contributed by atoms with van der Waals surface area (Å²) in [6.07, 6.45) is 1.13. The molecule has 0 bridgehead atoms. The van der Waals surface area contributed by atoms with E-state index in [1.165, 1.54) is 5.56 Å². The summed E-state index contributed by atoms with van der Waals surface area (Å²) in [6, 6.07) is 12.2. The van der Waals surface area contributed by atoms with Gasteiger partial charge in [0.2, 0.25) is 5.91 Å². The third-order valence-electron chi connectivity index (χ3n) is 3.95. The zero-order chi connectivity index (χ0) is 15.4. The summed E-state index contributed by atoms with van der Waals surface area (Å²) in [4.78, 5) is 14.0. The van der Waals surface area contributed by atoms with E-state index in [1.807, 2.05) is 17.0 Å². The average Bonchev–Trinajstić information content (AvgIpc) is 3.03. The molecule has 4 heteroatoms. The molecule has 1 fully saturated rings. The third kappa shape index (κ3) is 3.57. The summed E-state index contributed by atoms with van der Waals surface area (Å²) >= 11 is 0. The molecule has 116 valence electrons. The molecule has 4 nitrogen and oxygen atoms in total. The molecule has 0 atom stereocenters. The largest absolute Gasteiger partial charge is 0.461 e. The molecule has 1 amide bonds. The van der Waals surface area contributed by atoms with Gasteiger partial charge in [-0.25, -0.2) is 0 Å². The molecule has 3 rings (SSSR count). The first-order valence-electron chi connectivity index (χ1n) is 7.73. The smallest absolute Gasteiger partial charge is 0.223 e. The van der Waals surface area contributed by atoms with Crippen molar-refractivity contribution in [1.82, 2.24) is 4.90 Å². The SMILES string of the molecule is Cc1ccc(-c2ccc(CCC(=O)N3CCOCC3)o2)cc1. The lowest BCUT2D eigenvalue weighted by atomic mass is 10.1. The van der Waals surface area contributed by atoms with Crippen LogP contribution in [0.1, 0.15) is 17.7 Å². The van der Waals surface area contributed by atoms with Gasteiger partial charge in [0.25, 0.3) is 0 Å². The van der Waals surface area contributed by atoms with E-state index in [4.69, 9.17) is 9.15 Å². The van der Waals surface area contributed by atoms with E-state index in [1.54, 1.807) is 0 Å². The first-order chi connectivity index (χ1) is 10.7. The Balaban J connectivity index is 1.57. The van der Waals surface area contributed by atoms with Crippen LogP contribution in [0, 0.1) is 6.92 Å². The number of nitrogens with zero attached hydrogens (tertiary/aromatic N) is 1. The number of rotatable bonds is 4. The van der Waals surface area contributed by atoms with Gasteiger partial charge in [-0.3, -0.25) is 4.79 Å². The van der Waals surface area contributed by atoms with Gasteiger partial charge in [-0.2, -0.15) is 0 Å². The maximum Gasteiger partial charge on any atom is 0.223 e. The molecule has 0 aliphatic carbocycles. The van der Waals surface area contributed by atoms with Crippen LogP contribution in [0.25, 0.3) is 11.3 Å². The molecular weight excluding hydrogens is 278 g/mol. The molecule has 1 aromatic carbocycles. The van der Waals surface area contributed by atoms with Crippen LogP contribution in [0.5, 0.6) is 0 Å². The Labute approximate surface area is 130 Å². The van der Waals surface area contributed by atoms with Gasteiger partial charge in [0.05, 0.1) is 13.2 Å². The van der Waals surface area contributed by atoms with E-state index in [0.29, 0.717) is 39.1 Å². The van der Waals surface area contributed by atoms with Crippen molar-refractivity contribution in [3.63, 3.8) is 0 Å². The molecule has 0 N–H and O–H groups in total. The van der Waals surface area contributed by atoms with Crippen molar-refractivity contribution in [2.45, 2.75) is 19.8 Å². The lowest BCUT2D eigenvalue weighted by molar-refractivity contribution is -0.135. The molecule has 0 saturated carbocycles. The van der Waals surface area contributed by atoms with Crippen LogP contribution in [0.3, 0.4) is 0 Å². The molecule has 0 radical (unpaired) electrons. The van der Waals surface area contributed by atoms with Crippen molar-refractivity contribution in [1.29, 1.82) is 0 Å². The Hall–Kier alpha value is -2.07. The van der Waals surface area contributed by atoms with Crippen LogP contribution in [0.2, 0.25) is 0 Å². The minimum Gasteiger partial charge on any atom is -0.461 e. The van der Waals surface area contributed by atoms with Crippen LogP contribution < -0.4 is 0 Å². The predicted molar refractivity (Wildman–Crippen MR) is 84.6 cm³/mol. The summed E-state index contributed by atoms with van der Waals surface area (Å²) in [7, 11) is 0. The van der Waals surface area contributed by atoms with Crippen molar-refractivity contribution in [3.05, 3.63) is 47.7 Å². The van der Waals surface area contributed by atoms with Crippen molar-refractivity contribution >= 4 is 5.91 Å². The van der Waals surface area contributed by atoms with E-state index < -0.39 is 0 Å². The summed E-state index contributed by atoms with van der Waals surface area (Å²) in [5.74, 6) is 1.89. The lowest BCUT2D eigenvalue weighted by Crippen LogP contribution is -2.40. The average molecular weight is 299 g/mol. The molecule has 0 unspecified atom stereocenters. The van der Waals surface area contributed by atoms with Gasteiger partial charge in [-0.15, -0.1) is 0 Å². The van der Waals surface area contributed by atoms with E-state index in [9.17, 15) is 4.79 Å². The fraction of sp³-hybridized carbons (Fsp3) is 0.389. The number of carbonyl (C=O) groups is 1.